The number of carbonyl (C=O) groups is 2. The molecule has 0 radical (unpaired) electrons. The first kappa shape index (κ1) is 14.2. The van der Waals surface area contributed by atoms with Crippen LogP contribution in [0.3, 0.4) is 0 Å². The van der Waals surface area contributed by atoms with Crippen LogP contribution in [-0.4, -0.2) is 27.1 Å². The summed E-state index contributed by atoms with van der Waals surface area (Å²) in [4.78, 5) is 32.2. The molecule has 0 aliphatic heterocycles. The summed E-state index contributed by atoms with van der Waals surface area (Å²) in [6.45, 7) is 0. The molecule has 2 aromatic carbocycles. The van der Waals surface area contributed by atoms with E-state index in [0.29, 0.717) is 5.56 Å². The summed E-state index contributed by atoms with van der Waals surface area (Å²) in [6.07, 6.45) is 0. The molecule has 2 N–H and O–H groups in total. The third kappa shape index (κ3) is 2.86. The molecule has 0 saturated carbocycles. The molecule has 0 unspecified atom stereocenters. The van der Waals surface area contributed by atoms with Gasteiger partial charge in [-0.15, -0.1) is 0 Å². The third-order valence-electron chi connectivity index (χ3n) is 2.89. The molecule has 0 bridgehead atoms. The van der Waals surface area contributed by atoms with Crippen LogP contribution in [0.2, 0.25) is 0 Å². The van der Waals surface area contributed by atoms with Gasteiger partial charge < -0.3 is 10.2 Å². The Morgan fingerprint density at radius 3 is 2.05 bits per heavy atom. The lowest BCUT2D eigenvalue weighted by Crippen LogP contribution is -2.03. The highest BCUT2D eigenvalue weighted by molar-refractivity contribution is 5.99. The van der Waals surface area contributed by atoms with Crippen LogP contribution in [0.4, 0.5) is 5.69 Å². The molecule has 0 amide bonds. The molecule has 0 atom stereocenters. The lowest BCUT2D eigenvalue weighted by atomic mass is 9.97. The first-order chi connectivity index (χ1) is 9.90. The smallest absolute Gasteiger partial charge is 0.336 e. The van der Waals surface area contributed by atoms with Gasteiger partial charge in [0, 0.05) is 12.1 Å². The van der Waals surface area contributed by atoms with E-state index in [0.717, 1.165) is 0 Å². The number of carboxylic acid groups (broad SMARTS) is 2. The lowest BCUT2D eigenvalue weighted by molar-refractivity contribution is -0.384. The predicted octanol–water partition coefficient (Wildman–Crippen LogP) is 2.66. The van der Waals surface area contributed by atoms with Gasteiger partial charge in [0.05, 0.1) is 16.1 Å². The van der Waals surface area contributed by atoms with Crippen LogP contribution >= 0.6 is 0 Å². The predicted molar refractivity (Wildman–Crippen MR) is 72.5 cm³/mol. The summed E-state index contributed by atoms with van der Waals surface area (Å²) < 4.78 is 0. The number of rotatable bonds is 4. The van der Waals surface area contributed by atoms with Crippen molar-refractivity contribution in [3.63, 3.8) is 0 Å². The topological polar surface area (TPSA) is 118 Å². The number of carboxylic acids is 2. The monoisotopic (exact) mass is 287 g/mol. The molecule has 0 heterocycles. The molecule has 7 heteroatoms. The number of non-ortho nitro benzene ring substituents is 1. The Morgan fingerprint density at radius 2 is 1.57 bits per heavy atom. The summed E-state index contributed by atoms with van der Waals surface area (Å²) in [5.41, 5.74) is 0.311. The zero-order chi connectivity index (χ0) is 15.6. The second-order valence-corrected chi connectivity index (χ2v) is 4.17. The maximum atomic E-state index is 11.2. The van der Waals surface area contributed by atoms with E-state index in [2.05, 4.69) is 0 Å². The van der Waals surface area contributed by atoms with Crippen LogP contribution in [0.25, 0.3) is 11.1 Å². The number of nitro benzene ring substituents is 1. The molecule has 7 nitrogen and oxygen atoms in total. The van der Waals surface area contributed by atoms with E-state index >= 15 is 0 Å². The summed E-state index contributed by atoms with van der Waals surface area (Å²) in [5.74, 6) is -2.39. The fourth-order valence-electron chi connectivity index (χ4n) is 1.87. The van der Waals surface area contributed by atoms with Crippen LogP contribution < -0.4 is 0 Å². The Hall–Kier alpha value is -3.22. The Kier molecular flexibility index (Phi) is 3.66. The van der Waals surface area contributed by atoms with E-state index in [1.165, 1.54) is 42.5 Å². The molecule has 0 fully saturated rings. The zero-order valence-electron chi connectivity index (χ0n) is 10.5. The van der Waals surface area contributed by atoms with Crippen molar-refractivity contribution in [1.82, 2.24) is 0 Å². The van der Waals surface area contributed by atoms with Crippen LogP contribution in [0.15, 0.2) is 42.5 Å². The zero-order valence-corrected chi connectivity index (χ0v) is 10.5. The van der Waals surface area contributed by atoms with Crippen molar-refractivity contribution in [1.29, 1.82) is 0 Å². The van der Waals surface area contributed by atoms with Crippen LogP contribution in [0.5, 0.6) is 0 Å². The summed E-state index contributed by atoms with van der Waals surface area (Å²) in [7, 11) is 0. The molecule has 106 valence electrons. The van der Waals surface area contributed by atoms with Gasteiger partial charge in [-0.3, -0.25) is 10.1 Å². The average molecular weight is 287 g/mol. The van der Waals surface area contributed by atoms with E-state index in [9.17, 15) is 19.7 Å². The van der Waals surface area contributed by atoms with E-state index in [1.54, 1.807) is 0 Å². The highest BCUT2D eigenvalue weighted by atomic mass is 16.6. The SMILES string of the molecule is O=C(O)c1ccc(C(=O)O)c(-c2ccc([N+](=O)[O-])cc2)c1. The van der Waals surface area contributed by atoms with Crippen LogP contribution in [0.1, 0.15) is 20.7 Å². The second kappa shape index (κ2) is 5.41. The highest BCUT2D eigenvalue weighted by Gasteiger charge is 2.15. The molecule has 0 aliphatic rings. The van der Waals surface area contributed by atoms with Gasteiger partial charge in [-0.05, 0) is 41.5 Å². The van der Waals surface area contributed by atoms with Gasteiger partial charge in [-0.1, -0.05) is 0 Å². The summed E-state index contributed by atoms with van der Waals surface area (Å²) in [5, 5.41) is 28.7. The molecule has 0 spiro atoms. The number of benzene rings is 2. The number of aromatic carboxylic acids is 2. The fourth-order valence-corrected chi connectivity index (χ4v) is 1.87. The average Bonchev–Trinajstić information content (AvgIpc) is 2.46. The number of nitro groups is 1. The van der Waals surface area contributed by atoms with Gasteiger partial charge in [-0.2, -0.15) is 0 Å². The van der Waals surface area contributed by atoms with E-state index in [-0.39, 0.29) is 22.4 Å². The molecule has 21 heavy (non-hydrogen) atoms. The number of hydrogen-bond donors (Lipinski definition) is 2. The van der Waals surface area contributed by atoms with Crippen molar-refractivity contribution >= 4 is 17.6 Å². The van der Waals surface area contributed by atoms with Crippen molar-refractivity contribution in [2.75, 3.05) is 0 Å². The first-order valence-electron chi connectivity index (χ1n) is 5.75. The van der Waals surface area contributed by atoms with Gasteiger partial charge in [0.1, 0.15) is 0 Å². The Bertz CT molecular complexity index is 736. The van der Waals surface area contributed by atoms with Crippen molar-refractivity contribution in [2.45, 2.75) is 0 Å². The van der Waals surface area contributed by atoms with Gasteiger partial charge >= 0.3 is 11.9 Å². The Labute approximate surface area is 118 Å². The Balaban J connectivity index is 2.59. The highest BCUT2D eigenvalue weighted by Crippen LogP contribution is 2.27. The minimum absolute atomic E-state index is 0.0617. The maximum Gasteiger partial charge on any atom is 0.336 e. The summed E-state index contributed by atoms with van der Waals surface area (Å²) in [6, 6.07) is 8.84. The van der Waals surface area contributed by atoms with Gasteiger partial charge in [-0.25, -0.2) is 9.59 Å². The van der Waals surface area contributed by atoms with Gasteiger partial charge in [0.2, 0.25) is 0 Å². The molecular formula is C14H9NO6. The van der Waals surface area contributed by atoms with Crippen molar-refractivity contribution < 1.29 is 24.7 Å². The molecular weight excluding hydrogens is 278 g/mol. The van der Waals surface area contributed by atoms with Crippen LogP contribution in [-0.2, 0) is 0 Å². The Morgan fingerprint density at radius 1 is 0.952 bits per heavy atom. The fraction of sp³-hybridized carbons (Fsp3) is 0. The summed E-state index contributed by atoms with van der Waals surface area (Å²) >= 11 is 0. The maximum absolute atomic E-state index is 11.2. The first-order valence-corrected chi connectivity index (χ1v) is 5.75. The second-order valence-electron chi connectivity index (χ2n) is 4.17. The molecule has 2 rings (SSSR count). The van der Waals surface area contributed by atoms with E-state index < -0.39 is 16.9 Å². The third-order valence-corrected chi connectivity index (χ3v) is 2.89. The van der Waals surface area contributed by atoms with Crippen molar-refractivity contribution in [3.05, 3.63) is 63.7 Å². The molecule has 0 saturated heterocycles. The minimum Gasteiger partial charge on any atom is -0.478 e. The van der Waals surface area contributed by atoms with Crippen molar-refractivity contribution in [2.24, 2.45) is 0 Å². The standard InChI is InChI=1S/C14H9NO6/c16-13(17)9-3-6-11(14(18)19)12(7-9)8-1-4-10(5-2-8)15(20)21/h1-7H,(H,16,17)(H,18,19). The minimum atomic E-state index is -1.21. The molecule has 0 aromatic heterocycles. The van der Waals surface area contributed by atoms with E-state index in [4.69, 9.17) is 10.2 Å². The quantitative estimate of drug-likeness (QED) is 0.659. The van der Waals surface area contributed by atoms with Crippen LogP contribution in [0, 0.1) is 10.1 Å². The van der Waals surface area contributed by atoms with Gasteiger partial charge in [0.15, 0.2) is 0 Å². The number of nitrogens with zero attached hydrogens (tertiary/aromatic N) is 1. The largest absolute Gasteiger partial charge is 0.478 e. The van der Waals surface area contributed by atoms with Crippen molar-refractivity contribution in [3.8, 4) is 11.1 Å². The van der Waals surface area contributed by atoms with E-state index in [1.807, 2.05) is 0 Å². The number of hydrogen-bond acceptors (Lipinski definition) is 4. The van der Waals surface area contributed by atoms with Gasteiger partial charge in [0.25, 0.3) is 5.69 Å². The molecule has 0 aliphatic carbocycles. The molecule has 2 aromatic rings. The normalized spacial score (nSPS) is 10.1. The lowest BCUT2D eigenvalue weighted by Gasteiger charge is -2.07.